The summed E-state index contributed by atoms with van der Waals surface area (Å²) < 4.78 is 13.0. The van der Waals surface area contributed by atoms with Crippen LogP contribution in [0.15, 0.2) is 53.3 Å². The second-order valence-electron chi connectivity index (χ2n) is 10.6. The van der Waals surface area contributed by atoms with Crippen LogP contribution in [-0.2, 0) is 29.5 Å². The number of carbonyl (C=O) groups is 3. The minimum atomic E-state index is -1.44. The maximum atomic E-state index is 14.0. The van der Waals surface area contributed by atoms with E-state index in [1.165, 1.54) is 16.4 Å². The predicted octanol–water partition coefficient (Wildman–Crippen LogP) is 2.81. The highest BCUT2D eigenvalue weighted by Crippen LogP contribution is 2.57. The second kappa shape index (κ2) is 8.72. The summed E-state index contributed by atoms with van der Waals surface area (Å²) in [6.07, 6.45) is -1.98. The monoisotopic (exact) mass is 532 g/mol. The first kappa shape index (κ1) is 25.2. The predicted molar refractivity (Wildman–Crippen MR) is 138 cm³/mol. The normalized spacial score (nSPS) is 26.8. The number of esters is 2. The SMILES string of the molecule is CC(=O)O[C@@H](c1nc2ccccc2c(=O)n1[C@@H]1C[C@]2(OC1=O)c1ccccc1N1C(=O)[C@@H](C)N(O)[C@@H]12)C(C)C. The van der Waals surface area contributed by atoms with Gasteiger partial charge in [-0.25, -0.2) is 9.78 Å². The second-order valence-corrected chi connectivity index (χ2v) is 10.6. The molecule has 1 N–H and O–H groups in total. The molecule has 1 aromatic heterocycles. The molecule has 1 spiro atoms. The van der Waals surface area contributed by atoms with Crippen molar-refractivity contribution in [2.75, 3.05) is 4.90 Å². The van der Waals surface area contributed by atoms with Crippen molar-refractivity contribution in [2.45, 2.75) is 64.1 Å². The lowest BCUT2D eigenvalue weighted by Crippen LogP contribution is -2.50. The number of hydrogen-bond acceptors (Lipinski definition) is 9. The smallest absolute Gasteiger partial charge is 0.330 e. The third-order valence-corrected chi connectivity index (χ3v) is 7.87. The average Bonchev–Trinajstić information content (AvgIpc) is 3.47. The number of ether oxygens (including phenoxy) is 2. The lowest BCUT2D eigenvalue weighted by atomic mass is 9.88. The van der Waals surface area contributed by atoms with E-state index < -0.39 is 47.5 Å². The molecule has 2 aromatic carbocycles. The lowest BCUT2D eigenvalue weighted by Gasteiger charge is -2.33. The zero-order chi connectivity index (χ0) is 27.8. The summed E-state index contributed by atoms with van der Waals surface area (Å²) in [4.78, 5) is 59.1. The number of hydroxylamine groups is 2. The summed E-state index contributed by atoms with van der Waals surface area (Å²) in [6.45, 7) is 6.51. The van der Waals surface area contributed by atoms with Crippen LogP contribution in [0.1, 0.15) is 57.6 Å². The minimum absolute atomic E-state index is 0.0567. The quantitative estimate of drug-likeness (QED) is 0.504. The van der Waals surface area contributed by atoms with Gasteiger partial charge in [0.15, 0.2) is 23.7 Å². The number of carbonyl (C=O) groups excluding carboxylic acids is 3. The van der Waals surface area contributed by atoms with Crippen molar-refractivity contribution in [1.29, 1.82) is 0 Å². The Kier molecular flexibility index (Phi) is 5.63. The van der Waals surface area contributed by atoms with Crippen molar-refractivity contribution < 1.29 is 29.1 Å². The van der Waals surface area contributed by atoms with Gasteiger partial charge < -0.3 is 14.7 Å². The summed E-state index contributed by atoms with van der Waals surface area (Å²) in [6, 6.07) is 11.8. The third-order valence-electron chi connectivity index (χ3n) is 7.87. The highest BCUT2D eigenvalue weighted by atomic mass is 16.6. The molecule has 39 heavy (non-hydrogen) atoms. The van der Waals surface area contributed by atoms with Gasteiger partial charge in [-0.05, 0) is 31.0 Å². The number of hydrogen-bond donors (Lipinski definition) is 1. The van der Waals surface area contributed by atoms with Crippen LogP contribution in [0.25, 0.3) is 10.9 Å². The van der Waals surface area contributed by atoms with Gasteiger partial charge in [0.1, 0.15) is 12.1 Å². The summed E-state index contributed by atoms with van der Waals surface area (Å²) in [5, 5.41) is 12.2. The third kappa shape index (κ3) is 3.46. The number of amides is 1. The maximum Gasteiger partial charge on any atom is 0.330 e. The van der Waals surface area contributed by atoms with Crippen molar-refractivity contribution in [2.24, 2.45) is 5.92 Å². The summed E-state index contributed by atoms with van der Waals surface area (Å²) >= 11 is 0. The number of para-hydroxylation sites is 2. The Labute approximate surface area is 223 Å². The zero-order valence-electron chi connectivity index (χ0n) is 21.9. The molecule has 2 saturated heterocycles. The van der Waals surface area contributed by atoms with Crippen molar-refractivity contribution >= 4 is 34.4 Å². The molecule has 3 aliphatic heterocycles. The Morgan fingerprint density at radius 3 is 2.54 bits per heavy atom. The zero-order valence-corrected chi connectivity index (χ0v) is 21.9. The van der Waals surface area contributed by atoms with Gasteiger partial charge in [-0.1, -0.05) is 44.2 Å². The Bertz CT molecular complexity index is 1600. The van der Waals surface area contributed by atoms with E-state index in [9.17, 15) is 24.4 Å². The van der Waals surface area contributed by atoms with E-state index in [-0.39, 0.29) is 24.1 Å². The van der Waals surface area contributed by atoms with Crippen LogP contribution in [0.5, 0.6) is 0 Å². The summed E-state index contributed by atoms with van der Waals surface area (Å²) in [5.74, 6) is -1.74. The maximum absolute atomic E-state index is 14.0. The molecule has 1 amide bonds. The van der Waals surface area contributed by atoms with Crippen molar-refractivity contribution in [3.05, 3.63) is 70.3 Å². The molecule has 3 aliphatic rings. The fraction of sp³-hybridized carbons (Fsp3) is 0.393. The molecule has 2 fully saturated rings. The molecular formula is C28H28N4O7. The van der Waals surface area contributed by atoms with Crippen molar-refractivity contribution in [3.63, 3.8) is 0 Å². The summed E-state index contributed by atoms with van der Waals surface area (Å²) in [7, 11) is 0. The highest BCUT2D eigenvalue weighted by molar-refractivity contribution is 6.02. The number of benzene rings is 2. The van der Waals surface area contributed by atoms with Gasteiger partial charge in [-0.2, -0.15) is 5.06 Å². The first-order chi connectivity index (χ1) is 18.6. The van der Waals surface area contributed by atoms with Crippen molar-refractivity contribution in [3.8, 4) is 0 Å². The van der Waals surface area contributed by atoms with Gasteiger partial charge in [0.2, 0.25) is 5.91 Å². The standard InChI is InChI=1S/C28H28N4O7/c1-14(2)22(38-16(4)33)23-29-19-11-7-5-9-17(19)25(35)30(23)21-13-28(39-26(21)36)18-10-6-8-12-20(18)31-24(34)15(3)32(37)27(28)31/h5-12,14-15,21-22,27,37H,13H2,1-4H3/t15-,21-,22-,27-,28+/m1/s1. The van der Waals surface area contributed by atoms with Gasteiger partial charge in [-0.3, -0.25) is 23.9 Å². The van der Waals surface area contributed by atoms with Gasteiger partial charge in [-0.15, -0.1) is 0 Å². The first-order valence-electron chi connectivity index (χ1n) is 12.9. The Hall–Kier alpha value is -4.09. The van der Waals surface area contributed by atoms with Gasteiger partial charge in [0.05, 0.1) is 16.6 Å². The number of aromatic nitrogens is 2. The van der Waals surface area contributed by atoms with Crippen LogP contribution in [0, 0.1) is 5.92 Å². The molecule has 11 nitrogen and oxygen atoms in total. The van der Waals surface area contributed by atoms with Crippen LogP contribution in [-0.4, -0.2) is 49.9 Å². The molecule has 6 rings (SSSR count). The lowest BCUT2D eigenvalue weighted by molar-refractivity contribution is -0.190. The fourth-order valence-corrected chi connectivity index (χ4v) is 6.13. The molecule has 11 heteroatoms. The molecule has 202 valence electrons. The van der Waals surface area contributed by atoms with Crippen molar-refractivity contribution in [1.82, 2.24) is 14.6 Å². The van der Waals surface area contributed by atoms with E-state index in [1.807, 2.05) is 13.8 Å². The number of nitrogens with zero attached hydrogens (tertiary/aromatic N) is 4. The van der Waals surface area contributed by atoms with Crippen LogP contribution in [0.3, 0.4) is 0 Å². The van der Waals surface area contributed by atoms with E-state index >= 15 is 0 Å². The van der Waals surface area contributed by atoms with Gasteiger partial charge in [0, 0.05) is 18.9 Å². The Morgan fingerprint density at radius 2 is 1.82 bits per heavy atom. The number of fused-ring (bicyclic) bond motifs is 6. The van der Waals surface area contributed by atoms with Crippen LogP contribution >= 0.6 is 0 Å². The van der Waals surface area contributed by atoms with Crippen LogP contribution in [0.4, 0.5) is 5.69 Å². The largest absolute Gasteiger partial charge is 0.454 e. The highest BCUT2D eigenvalue weighted by Gasteiger charge is 2.67. The van der Waals surface area contributed by atoms with Gasteiger partial charge >= 0.3 is 11.9 Å². The molecule has 5 atom stereocenters. The number of anilines is 1. The molecule has 3 aromatic rings. The molecule has 4 heterocycles. The number of rotatable bonds is 4. The average molecular weight is 533 g/mol. The van der Waals surface area contributed by atoms with E-state index in [1.54, 1.807) is 55.5 Å². The first-order valence-corrected chi connectivity index (χ1v) is 12.9. The Balaban J connectivity index is 1.56. The molecule has 0 radical (unpaired) electrons. The molecule has 0 aliphatic carbocycles. The van der Waals surface area contributed by atoms with Crippen LogP contribution in [0.2, 0.25) is 0 Å². The molecule has 0 unspecified atom stereocenters. The molecule has 0 saturated carbocycles. The van der Waals surface area contributed by atoms with E-state index in [2.05, 4.69) is 0 Å². The Morgan fingerprint density at radius 1 is 1.13 bits per heavy atom. The summed E-state index contributed by atoms with van der Waals surface area (Å²) in [5.41, 5.74) is -0.415. The van der Waals surface area contributed by atoms with E-state index in [4.69, 9.17) is 14.5 Å². The van der Waals surface area contributed by atoms with E-state index in [0.717, 1.165) is 5.06 Å². The van der Waals surface area contributed by atoms with E-state index in [0.29, 0.717) is 22.2 Å². The van der Waals surface area contributed by atoms with Crippen LogP contribution < -0.4 is 10.5 Å². The van der Waals surface area contributed by atoms with Gasteiger partial charge in [0.25, 0.3) is 5.56 Å². The minimum Gasteiger partial charge on any atom is -0.454 e. The molecular weight excluding hydrogens is 504 g/mol. The topological polar surface area (TPSA) is 131 Å². The fourth-order valence-electron chi connectivity index (χ4n) is 6.13. The molecule has 0 bridgehead atoms.